The van der Waals surface area contributed by atoms with Gasteiger partial charge in [-0.2, -0.15) is 5.10 Å². The van der Waals surface area contributed by atoms with Crippen LogP contribution in [0.1, 0.15) is 20.8 Å². The van der Waals surface area contributed by atoms with Gasteiger partial charge in [0.2, 0.25) is 0 Å². The van der Waals surface area contributed by atoms with Crippen molar-refractivity contribution < 1.29 is 4.79 Å². The Kier molecular flexibility index (Phi) is 4.82. The van der Waals surface area contributed by atoms with Gasteiger partial charge in [0.1, 0.15) is 0 Å². The molecule has 1 heterocycles. The van der Waals surface area contributed by atoms with Crippen LogP contribution in [0.2, 0.25) is 0 Å². The summed E-state index contributed by atoms with van der Waals surface area (Å²) >= 11 is 0. The molecule has 0 aliphatic heterocycles. The van der Waals surface area contributed by atoms with E-state index in [0.29, 0.717) is 6.54 Å². The average Bonchev–Trinajstić information content (AvgIpc) is 2.71. The fraction of sp³-hybridized carbons (Fsp3) is 0.636. The van der Waals surface area contributed by atoms with Crippen molar-refractivity contribution in [2.24, 2.45) is 0 Å². The minimum Gasteiger partial charge on any atom is -0.334 e. The van der Waals surface area contributed by atoms with Crippen LogP contribution in [0.25, 0.3) is 0 Å². The summed E-state index contributed by atoms with van der Waals surface area (Å²) in [5.74, 6) is 0. The summed E-state index contributed by atoms with van der Waals surface area (Å²) in [6, 6.07) is 1.94. The van der Waals surface area contributed by atoms with E-state index in [1.807, 2.05) is 37.7 Å². The lowest BCUT2D eigenvalue weighted by atomic mass is 10.3. The topological polar surface area (TPSA) is 50.2 Å². The molecule has 0 saturated heterocycles. The fourth-order valence-electron chi connectivity index (χ4n) is 1.55. The smallest absolute Gasteiger partial charge is 0.317 e. The van der Waals surface area contributed by atoms with Gasteiger partial charge in [-0.1, -0.05) is 0 Å². The van der Waals surface area contributed by atoms with Gasteiger partial charge in [-0.05, 0) is 26.8 Å². The van der Waals surface area contributed by atoms with Crippen LogP contribution >= 0.6 is 0 Å². The van der Waals surface area contributed by atoms with Gasteiger partial charge in [0.15, 0.2) is 0 Å². The second-order valence-corrected chi connectivity index (χ2v) is 3.75. The van der Waals surface area contributed by atoms with Gasteiger partial charge in [0.05, 0.1) is 6.54 Å². The Morgan fingerprint density at radius 2 is 2.19 bits per heavy atom. The molecule has 0 saturated carbocycles. The van der Waals surface area contributed by atoms with Crippen LogP contribution in [0, 0.1) is 0 Å². The number of nitrogens with zero attached hydrogens (tertiary/aromatic N) is 3. The third-order valence-corrected chi connectivity index (χ3v) is 2.44. The molecule has 1 atom stereocenters. The number of nitrogens with one attached hydrogen (secondary N) is 1. The van der Waals surface area contributed by atoms with E-state index in [1.54, 1.807) is 11.1 Å². The van der Waals surface area contributed by atoms with Gasteiger partial charge >= 0.3 is 6.03 Å². The molecule has 1 rings (SSSR count). The molecular formula is C11H20N4O. The predicted octanol–water partition coefficient (Wildman–Crippen LogP) is 1.32. The van der Waals surface area contributed by atoms with Crippen molar-refractivity contribution in [1.82, 2.24) is 20.0 Å². The highest BCUT2D eigenvalue weighted by Gasteiger charge is 2.12. The van der Waals surface area contributed by atoms with Crippen molar-refractivity contribution in [3.63, 3.8) is 0 Å². The highest BCUT2D eigenvalue weighted by Crippen LogP contribution is 1.94. The standard InChI is InChI=1S/C11H20N4O/c1-4-14(5-2)11(16)13-10(3)9-15-8-6-7-12-15/h6-8,10H,4-5,9H2,1-3H3,(H,13,16). The predicted molar refractivity (Wildman–Crippen MR) is 63.1 cm³/mol. The van der Waals surface area contributed by atoms with Crippen LogP contribution in [0.4, 0.5) is 4.79 Å². The Morgan fingerprint density at radius 3 is 2.69 bits per heavy atom. The summed E-state index contributed by atoms with van der Waals surface area (Å²) < 4.78 is 1.81. The second-order valence-electron chi connectivity index (χ2n) is 3.75. The molecule has 1 N–H and O–H groups in total. The lowest BCUT2D eigenvalue weighted by molar-refractivity contribution is 0.198. The Balaban J connectivity index is 2.39. The zero-order valence-corrected chi connectivity index (χ0v) is 10.2. The van der Waals surface area contributed by atoms with Crippen LogP contribution in [0.15, 0.2) is 18.5 Å². The van der Waals surface area contributed by atoms with E-state index < -0.39 is 0 Å². The Labute approximate surface area is 96.4 Å². The van der Waals surface area contributed by atoms with Crippen molar-refractivity contribution >= 4 is 6.03 Å². The minimum atomic E-state index is -0.00958. The van der Waals surface area contributed by atoms with Gasteiger partial charge in [-0.15, -0.1) is 0 Å². The first-order valence-electron chi connectivity index (χ1n) is 5.70. The largest absolute Gasteiger partial charge is 0.334 e. The minimum absolute atomic E-state index is 0.00958. The molecule has 5 heteroatoms. The van der Waals surface area contributed by atoms with Crippen molar-refractivity contribution in [3.8, 4) is 0 Å². The maximum Gasteiger partial charge on any atom is 0.317 e. The molecule has 5 nitrogen and oxygen atoms in total. The quantitative estimate of drug-likeness (QED) is 0.820. The van der Waals surface area contributed by atoms with Gasteiger partial charge in [0, 0.05) is 31.5 Å². The van der Waals surface area contributed by atoms with Gasteiger partial charge in [0.25, 0.3) is 0 Å². The monoisotopic (exact) mass is 224 g/mol. The molecule has 0 aliphatic rings. The number of rotatable bonds is 5. The molecule has 1 aromatic heterocycles. The van der Waals surface area contributed by atoms with Gasteiger partial charge < -0.3 is 10.2 Å². The first-order valence-corrected chi connectivity index (χ1v) is 5.70. The number of urea groups is 1. The number of carbonyl (C=O) groups excluding carboxylic acids is 1. The first kappa shape index (κ1) is 12.5. The van der Waals surface area contributed by atoms with E-state index in [4.69, 9.17) is 0 Å². The highest BCUT2D eigenvalue weighted by atomic mass is 16.2. The molecule has 0 radical (unpaired) electrons. The third-order valence-electron chi connectivity index (χ3n) is 2.44. The van der Waals surface area contributed by atoms with Crippen molar-refractivity contribution in [1.29, 1.82) is 0 Å². The fourth-order valence-corrected chi connectivity index (χ4v) is 1.55. The number of carbonyl (C=O) groups is 1. The Hall–Kier alpha value is -1.52. The summed E-state index contributed by atoms with van der Waals surface area (Å²) in [6.45, 7) is 8.08. The molecule has 1 aromatic rings. The Bertz CT molecular complexity index is 306. The first-order chi connectivity index (χ1) is 7.67. The van der Waals surface area contributed by atoms with Crippen molar-refractivity contribution in [2.75, 3.05) is 13.1 Å². The summed E-state index contributed by atoms with van der Waals surface area (Å²) in [4.78, 5) is 13.5. The maximum atomic E-state index is 11.7. The van der Waals surface area contributed by atoms with Crippen LogP contribution in [-0.2, 0) is 6.54 Å². The highest BCUT2D eigenvalue weighted by molar-refractivity contribution is 5.74. The zero-order chi connectivity index (χ0) is 12.0. The van der Waals surface area contributed by atoms with Gasteiger partial charge in [-0.3, -0.25) is 4.68 Å². The van der Waals surface area contributed by atoms with Crippen molar-refractivity contribution in [3.05, 3.63) is 18.5 Å². The molecular weight excluding hydrogens is 204 g/mol. The third kappa shape index (κ3) is 3.56. The molecule has 0 bridgehead atoms. The number of aromatic nitrogens is 2. The number of amides is 2. The van der Waals surface area contributed by atoms with Crippen LogP contribution in [0.3, 0.4) is 0 Å². The van der Waals surface area contributed by atoms with E-state index in [-0.39, 0.29) is 12.1 Å². The second kappa shape index (κ2) is 6.15. The van der Waals surface area contributed by atoms with E-state index >= 15 is 0 Å². The summed E-state index contributed by atoms with van der Waals surface area (Å²) in [5, 5.41) is 7.05. The zero-order valence-electron chi connectivity index (χ0n) is 10.2. The number of hydrogen-bond acceptors (Lipinski definition) is 2. The number of hydrogen-bond donors (Lipinski definition) is 1. The molecule has 0 aliphatic carbocycles. The molecule has 90 valence electrons. The molecule has 0 aromatic carbocycles. The van der Waals surface area contributed by atoms with E-state index in [9.17, 15) is 4.79 Å². The maximum absolute atomic E-state index is 11.7. The molecule has 0 spiro atoms. The summed E-state index contributed by atoms with van der Waals surface area (Å²) in [7, 11) is 0. The van der Waals surface area contributed by atoms with Crippen molar-refractivity contribution in [2.45, 2.75) is 33.4 Å². The lowest BCUT2D eigenvalue weighted by Crippen LogP contribution is -2.45. The van der Waals surface area contributed by atoms with E-state index in [2.05, 4.69) is 10.4 Å². The SMILES string of the molecule is CCN(CC)C(=O)NC(C)Cn1cccn1. The normalized spacial score (nSPS) is 12.2. The lowest BCUT2D eigenvalue weighted by Gasteiger charge is -2.22. The Morgan fingerprint density at radius 1 is 1.50 bits per heavy atom. The molecule has 0 fully saturated rings. The van der Waals surface area contributed by atoms with Crippen LogP contribution in [-0.4, -0.2) is 39.8 Å². The molecule has 1 unspecified atom stereocenters. The van der Waals surface area contributed by atoms with E-state index in [0.717, 1.165) is 13.1 Å². The average molecular weight is 224 g/mol. The van der Waals surface area contributed by atoms with E-state index in [1.165, 1.54) is 0 Å². The van der Waals surface area contributed by atoms with Crippen LogP contribution in [0.5, 0.6) is 0 Å². The van der Waals surface area contributed by atoms with Gasteiger partial charge in [-0.25, -0.2) is 4.79 Å². The molecule has 2 amide bonds. The molecule has 16 heavy (non-hydrogen) atoms. The van der Waals surface area contributed by atoms with Crippen LogP contribution < -0.4 is 5.32 Å². The summed E-state index contributed by atoms with van der Waals surface area (Å²) in [5.41, 5.74) is 0. The summed E-state index contributed by atoms with van der Waals surface area (Å²) in [6.07, 6.45) is 3.62.